The normalized spacial score (nSPS) is 11.4. The lowest BCUT2D eigenvalue weighted by Gasteiger charge is -2.10. The molecule has 0 saturated heterocycles. The van der Waals surface area contributed by atoms with Gasteiger partial charge in [0.1, 0.15) is 12.1 Å². The van der Waals surface area contributed by atoms with E-state index in [1.54, 1.807) is 0 Å². The third-order valence-corrected chi connectivity index (χ3v) is 3.29. The number of hydrogen-bond donors (Lipinski definition) is 1. The van der Waals surface area contributed by atoms with E-state index < -0.39 is 23.5 Å². The fourth-order valence-electron chi connectivity index (χ4n) is 2.04. The monoisotopic (exact) mass is 351 g/mol. The van der Waals surface area contributed by atoms with Crippen molar-refractivity contribution in [1.82, 2.24) is 20.2 Å². The van der Waals surface area contributed by atoms with Crippen LogP contribution in [0, 0.1) is 5.82 Å². The molecule has 1 N–H and O–H groups in total. The fourth-order valence-corrected chi connectivity index (χ4v) is 2.04. The number of nitrogens with zero attached hydrogens (tertiary/aromatic N) is 4. The van der Waals surface area contributed by atoms with Gasteiger partial charge in [-0.2, -0.15) is 13.2 Å². The smallest absolute Gasteiger partial charge is 0.319 e. The lowest BCUT2D eigenvalue weighted by atomic mass is 10.1. The zero-order valence-corrected chi connectivity index (χ0v) is 12.3. The van der Waals surface area contributed by atoms with Crippen molar-refractivity contribution in [2.75, 3.05) is 5.32 Å². The number of carbonyl (C=O) groups excluding carboxylic acids is 1. The highest BCUT2D eigenvalue weighted by molar-refractivity contribution is 6.04. The van der Waals surface area contributed by atoms with E-state index in [0.29, 0.717) is 5.69 Å². The molecule has 0 atom stereocenters. The third-order valence-electron chi connectivity index (χ3n) is 3.29. The van der Waals surface area contributed by atoms with Crippen LogP contribution >= 0.6 is 0 Å². The van der Waals surface area contributed by atoms with Crippen molar-refractivity contribution in [2.24, 2.45) is 0 Å². The van der Waals surface area contributed by atoms with Crippen LogP contribution < -0.4 is 5.32 Å². The molecule has 0 aliphatic rings. The molecular formula is C15H9F4N5O. The highest BCUT2D eigenvalue weighted by atomic mass is 19.4. The van der Waals surface area contributed by atoms with Gasteiger partial charge < -0.3 is 5.32 Å². The lowest BCUT2D eigenvalue weighted by molar-refractivity contribution is -0.137. The van der Waals surface area contributed by atoms with Crippen LogP contribution in [0.5, 0.6) is 0 Å². The van der Waals surface area contributed by atoms with Crippen LogP contribution in [0.4, 0.5) is 23.2 Å². The summed E-state index contributed by atoms with van der Waals surface area (Å²) >= 11 is 0. The van der Waals surface area contributed by atoms with E-state index >= 15 is 0 Å². The van der Waals surface area contributed by atoms with Crippen LogP contribution in [0.3, 0.4) is 0 Å². The summed E-state index contributed by atoms with van der Waals surface area (Å²) in [5, 5.41) is 12.8. The molecule has 0 fully saturated rings. The first-order valence-corrected chi connectivity index (χ1v) is 6.86. The van der Waals surface area contributed by atoms with Gasteiger partial charge in [-0.05, 0) is 52.9 Å². The number of rotatable bonds is 3. The molecule has 1 amide bonds. The molecule has 0 bridgehead atoms. The molecule has 0 saturated carbocycles. The van der Waals surface area contributed by atoms with Gasteiger partial charge in [-0.3, -0.25) is 4.79 Å². The van der Waals surface area contributed by atoms with Gasteiger partial charge in [0.05, 0.1) is 16.9 Å². The Hall–Kier alpha value is -3.30. The van der Waals surface area contributed by atoms with Crippen LogP contribution in [-0.4, -0.2) is 26.1 Å². The molecule has 10 heteroatoms. The summed E-state index contributed by atoms with van der Waals surface area (Å²) in [5.41, 5.74) is -0.678. The van der Waals surface area contributed by atoms with Crippen LogP contribution in [-0.2, 0) is 6.18 Å². The zero-order valence-electron chi connectivity index (χ0n) is 12.3. The van der Waals surface area contributed by atoms with Gasteiger partial charge >= 0.3 is 6.18 Å². The van der Waals surface area contributed by atoms with Crippen LogP contribution in [0.2, 0.25) is 0 Å². The summed E-state index contributed by atoms with van der Waals surface area (Å²) < 4.78 is 52.7. The number of aromatic nitrogens is 4. The Morgan fingerprint density at radius 1 is 1.08 bits per heavy atom. The second-order valence-corrected chi connectivity index (χ2v) is 4.95. The second kappa shape index (κ2) is 6.30. The van der Waals surface area contributed by atoms with Crippen LogP contribution in [0.1, 0.15) is 15.9 Å². The van der Waals surface area contributed by atoms with Crippen molar-refractivity contribution in [3.8, 4) is 5.69 Å². The molecule has 2 aromatic carbocycles. The molecule has 6 nitrogen and oxygen atoms in total. The maximum Gasteiger partial charge on any atom is 0.416 e. The van der Waals surface area contributed by atoms with Gasteiger partial charge in [0.15, 0.2) is 0 Å². The largest absolute Gasteiger partial charge is 0.416 e. The molecule has 1 heterocycles. The topological polar surface area (TPSA) is 72.7 Å². The highest BCUT2D eigenvalue weighted by Gasteiger charge is 2.30. The second-order valence-electron chi connectivity index (χ2n) is 4.95. The average Bonchev–Trinajstić information content (AvgIpc) is 3.10. The van der Waals surface area contributed by atoms with Gasteiger partial charge in [0, 0.05) is 5.56 Å². The molecular weight excluding hydrogens is 342 g/mol. The minimum atomic E-state index is -4.50. The van der Waals surface area contributed by atoms with E-state index in [2.05, 4.69) is 20.8 Å². The number of carbonyl (C=O) groups is 1. The van der Waals surface area contributed by atoms with Gasteiger partial charge in [-0.1, -0.05) is 0 Å². The van der Waals surface area contributed by atoms with Crippen LogP contribution in [0.15, 0.2) is 48.8 Å². The molecule has 0 aliphatic heterocycles. The molecule has 3 aromatic rings. The molecule has 0 spiro atoms. The Bertz CT molecular complexity index is 891. The minimum absolute atomic E-state index is 0.0415. The summed E-state index contributed by atoms with van der Waals surface area (Å²) in [6.07, 6.45) is -3.21. The average molecular weight is 351 g/mol. The molecule has 0 radical (unpaired) electrons. The van der Waals surface area contributed by atoms with Crippen molar-refractivity contribution in [3.05, 3.63) is 65.7 Å². The summed E-state index contributed by atoms with van der Waals surface area (Å²) in [4.78, 5) is 12.1. The molecule has 3 rings (SSSR count). The van der Waals surface area contributed by atoms with Crippen molar-refractivity contribution < 1.29 is 22.4 Å². The van der Waals surface area contributed by atoms with E-state index in [0.717, 1.165) is 30.3 Å². The Balaban J connectivity index is 1.82. The van der Waals surface area contributed by atoms with E-state index in [1.807, 2.05) is 0 Å². The quantitative estimate of drug-likeness (QED) is 0.736. The number of hydrogen-bond acceptors (Lipinski definition) is 4. The fraction of sp³-hybridized carbons (Fsp3) is 0.0667. The van der Waals surface area contributed by atoms with E-state index in [1.165, 1.54) is 23.1 Å². The maximum absolute atomic E-state index is 13.9. The number of nitrogens with one attached hydrogen (secondary N) is 1. The molecule has 1 aromatic heterocycles. The minimum Gasteiger partial charge on any atom is -0.319 e. The number of alkyl halides is 3. The van der Waals surface area contributed by atoms with Crippen molar-refractivity contribution in [2.45, 2.75) is 6.18 Å². The molecule has 128 valence electrons. The summed E-state index contributed by atoms with van der Waals surface area (Å²) in [6, 6.07) is 7.40. The number of halogens is 4. The zero-order chi connectivity index (χ0) is 18.0. The van der Waals surface area contributed by atoms with Gasteiger partial charge in [0.2, 0.25) is 0 Å². The SMILES string of the molecule is O=C(Nc1cc(-n2cnnn2)ccc1F)c1ccc(C(F)(F)F)cc1. The van der Waals surface area contributed by atoms with Crippen molar-refractivity contribution in [3.63, 3.8) is 0 Å². The number of amides is 1. The highest BCUT2D eigenvalue weighted by Crippen LogP contribution is 2.29. The number of tetrazole rings is 1. The molecule has 0 aliphatic carbocycles. The van der Waals surface area contributed by atoms with Gasteiger partial charge in [0.25, 0.3) is 5.91 Å². The maximum atomic E-state index is 13.9. The Morgan fingerprint density at radius 3 is 2.40 bits per heavy atom. The molecule has 25 heavy (non-hydrogen) atoms. The summed E-state index contributed by atoms with van der Waals surface area (Å²) in [7, 11) is 0. The predicted molar refractivity (Wildman–Crippen MR) is 78.5 cm³/mol. The first-order chi connectivity index (χ1) is 11.8. The third kappa shape index (κ3) is 3.62. The van der Waals surface area contributed by atoms with Crippen molar-refractivity contribution in [1.29, 1.82) is 0 Å². The van der Waals surface area contributed by atoms with Gasteiger partial charge in [-0.25, -0.2) is 9.07 Å². The van der Waals surface area contributed by atoms with Gasteiger partial charge in [-0.15, -0.1) is 5.10 Å². The first kappa shape index (κ1) is 16.6. The first-order valence-electron chi connectivity index (χ1n) is 6.86. The standard InChI is InChI=1S/C15H9F4N5O/c16-12-6-5-11(24-8-20-22-23-24)7-13(12)21-14(25)9-1-3-10(4-2-9)15(17,18)19/h1-8H,(H,21,25). The van der Waals surface area contributed by atoms with Crippen molar-refractivity contribution >= 4 is 11.6 Å². The number of benzene rings is 2. The van der Waals surface area contributed by atoms with E-state index in [-0.39, 0.29) is 11.3 Å². The summed E-state index contributed by atoms with van der Waals surface area (Å²) in [5.74, 6) is -1.46. The Labute approximate surface area is 138 Å². The predicted octanol–water partition coefficient (Wildman–Crippen LogP) is 3.07. The lowest BCUT2D eigenvalue weighted by Crippen LogP contribution is -2.14. The Morgan fingerprint density at radius 2 is 1.80 bits per heavy atom. The summed E-state index contributed by atoms with van der Waals surface area (Å²) in [6.45, 7) is 0. The Kier molecular flexibility index (Phi) is 4.17. The van der Waals surface area contributed by atoms with E-state index in [9.17, 15) is 22.4 Å². The molecule has 0 unspecified atom stereocenters. The van der Waals surface area contributed by atoms with Crippen LogP contribution in [0.25, 0.3) is 5.69 Å². The van der Waals surface area contributed by atoms with E-state index in [4.69, 9.17) is 0 Å². The number of anilines is 1.